The van der Waals surface area contributed by atoms with Crippen LogP contribution in [0.25, 0.3) is 6.08 Å². The summed E-state index contributed by atoms with van der Waals surface area (Å²) in [5, 5.41) is 9.93. The van der Waals surface area contributed by atoms with Gasteiger partial charge in [-0.3, -0.25) is 19.1 Å². The summed E-state index contributed by atoms with van der Waals surface area (Å²) in [5.41, 5.74) is 1.97. The second-order valence-electron chi connectivity index (χ2n) is 9.79. The van der Waals surface area contributed by atoms with Gasteiger partial charge in [-0.05, 0) is 55.7 Å². The number of anilines is 2. The molecule has 0 spiro atoms. The third kappa shape index (κ3) is 6.24. The second kappa shape index (κ2) is 13.4. The van der Waals surface area contributed by atoms with E-state index in [0.29, 0.717) is 72.6 Å². The van der Waals surface area contributed by atoms with Crippen LogP contribution in [0.1, 0.15) is 42.9 Å². The minimum absolute atomic E-state index is 0.0895. The van der Waals surface area contributed by atoms with E-state index in [1.165, 1.54) is 23.9 Å². The van der Waals surface area contributed by atoms with Crippen molar-refractivity contribution in [3.63, 3.8) is 0 Å². The fourth-order valence-electron chi connectivity index (χ4n) is 5.03. The molecule has 2 fully saturated rings. The average molecular weight is 584 g/mol. The molecule has 40 heavy (non-hydrogen) atoms. The van der Waals surface area contributed by atoms with Crippen molar-refractivity contribution in [2.45, 2.75) is 39.7 Å². The van der Waals surface area contributed by atoms with E-state index in [9.17, 15) is 19.2 Å². The molecule has 212 valence electrons. The first-order chi connectivity index (χ1) is 19.3. The number of rotatable bonds is 10. The lowest BCUT2D eigenvalue weighted by Crippen LogP contribution is -2.48. The molecular formula is C29H34FN5O3S2. The van der Waals surface area contributed by atoms with Gasteiger partial charge in [0.15, 0.2) is 0 Å². The molecule has 0 atom stereocenters. The number of nitriles is 1. The molecule has 0 N–H and O–H groups in total. The number of hydrogen-bond donors (Lipinski definition) is 0. The van der Waals surface area contributed by atoms with Crippen LogP contribution in [0, 0.1) is 24.1 Å². The molecular weight excluding hydrogens is 549 g/mol. The Morgan fingerprint density at radius 1 is 1.10 bits per heavy atom. The van der Waals surface area contributed by atoms with Gasteiger partial charge in [-0.25, -0.2) is 4.39 Å². The summed E-state index contributed by atoms with van der Waals surface area (Å²) in [6, 6.07) is 8.57. The molecule has 2 saturated heterocycles. The van der Waals surface area contributed by atoms with Gasteiger partial charge in [-0.15, -0.1) is 0 Å². The monoisotopic (exact) mass is 583 g/mol. The second-order valence-corrected chi connectivity index (χ2v) is 11.5. The Bertz CT molecular complexity index is 1390. The maximum absolute atomic E-state index is 13.5. The van der Waals surface area contributed by atoms with Crippen molar-refractivity contribution in [1.29, 1.82) is 5.26 Å². The number of unbranched alkanes of at least 4 members (excludes halogenated alkanes) is 1. The van der Waals surface area contributed by atoms with Crippen LogP contribution in [0.15, 0.2) is 34.0 Å². The molecule has 4 rings (SSSR count). The molecule has 3 heterocycles. The fourth-order valence-corrected chi connectivity index (χ4v) is 6.32. The number of thiocarbonyl (C=S) groups is 1. The number of carbonyl (C=O) groups excluding carboxylic acids is 1. The standard InChI is InChI=1S/C29H34FN5O3S2/c1-4-5-11-34-26(33-15-13-32(14-16-33)22-9-7-21(30)8-10-22)23(20(2)24(19-31)27(34)36)18-25-28(37)35(29(39)40-25)12-6-17-38-3/h7-10,18H,4-6,11-17H2,1-3H3/b25-18+. The Balaban J connectivity index is 1.75. The van der Waals surface area contributed by atoms with E-state index >= 15 is 0 Å². The summed E-state index contributed by atoms with van der Waals surface area (Å²) in [6.45, 7) is 7.87. The lowest BCUT2D eigenvalue weighted by Gasteiger charge is -2.39. The predicted octanol–water partition coefficient (Wildman–Crippen LogP) is 4.53. The van der Waals surface area contributed by atoms with Crippen molar-refractivity contribution >= 4 is 51.8 Å². The molecule has 0 saturated carbocycles. The van der Waals surface area contributed by atoms with Gasteiger partial charge in [0.1, 0.15) is 27.6 Å². The highest BCUT2D eigenvalue weighted by Crippen LogP contribution is 2.36. The van der Waals surface area contributed by atoms with Crippen LogP contribution in [0.2, 0.25) is 0 Å². The molecule has 0 unspecified atom stereocenters. The predicted molar refractivity (Wildman–Crippen MR) is 162 cm³/mol. The van der Waals surface area contributed by atoms with Gasteiger partial charge in [-0.1, -0.05) is 37.3 Å². The number of carbonyl (C=O) groups is 1. The Hall–Kier alpha value is -3.20. The number of thioether (sulfide) groups is 1. The Labute approximate surface area is 244 Å². The minimum Gasteiger partial charge on any atom is -0.385 e. The third-order valence-electron chi connectivity index (χ3n) is 7.23. The SMILES string of the molecule is CCCCn1c(N2CCN(c3ccc(F)cc3)CC2)c(/C=C2/SC(=S)N(CCCOC)C2=O)c(C)c(C#N)c1=O. The van der Waals surface area contributed by atoms with Crippen LogP contribution >= 0.6 is 24.0 Å². The Morgan fingerprint density at radius 3 is 2.40 bits per heavy atom. The van der Waals surface area contributed by atoms with Crippen molar-refractivity contribution in [3.8, 4) is 6.07 Å². The van der Waals surface area contributed by atoms with Crippen molar-refractivity contribution in [2.24, 2.45) is 0 Å². The number of pyridine rings is 1. The van der Waals surface area contributed by atoms with Gasteiger partial charge in [0, 0.05) is 64.2 Å². The van der Waals surface area contributed by atoms with Crippen LogP contribution in [-0.2, 0) is 16.1 Å². The van der Waals surface area contributed by atoms with Gasteiger partial charge in [-0.2, -0.15) is 5.26 Å². The number of piperazine rings is 1. The summed E-state index contributed by atoms with van der Waals surface area (Å²) in [7, 11) is 1.62. The summed E-state index contributed by atoms with van der Waals surface area (Å²) in [5.74, 6) is 0.268. The molecule has 0 aliphatic carbocycles. The van der Waals surface area contributed by atoms with Crippen molar-refractivity contribution in [2.75, 3.05) is 56.2 Å². The van der Waals surface area contributed by atoms with E-state index in [1.54, 1.807) is 41.7 Å². The molecule has 0 radical (unpaired) electrons. The molecule has 1 aromatic carbocycles. The normalized spacial score (nSPS) is 16.8. The van der Waals surface area contributed by atoms with E-state index in [0.717, 1.165) is 24.3 Å². The zero-order valence-electron chi connectivity index (χ0n) is 23.1. The largest absolute Gasteiger partial charge is 0.385 e. The van der Waals surface area contributed by atoms with Crippen molar-refractivity contribution in [1.82, 2.24) is 9.47 Å². The van der Waals surface area contributed by atoms with Crippen molar-refractivity contribution < 1.29 is 13.9 Å². The van der Waals surface area contributed by atoms with Gasteiger partial charge in [0.2, 0.25) is 0 Å². The molecule has 8 nitrogen and oxygen atoms in total. The smallest absolute Gasteiger partial charge is 0.270 e. The molecule has 1 amide bonds. The number of aromatic nitrogens is 1. The zero-order valence-corrected chi connectivity index (χ0v) is 24.7. The molecule has 0 bridgehead atoms. The third-order valence-corrected chi connectivity index (χ3v) is 8.61. The van der Waals surface area contributed by atoms with Crippen LogP contribution < -0.4 is 15.4 Å². The lowest BCUT2D eigenvalue weighted by atomic mass is 10.0. The zero-order chi connectivity index (χ0) is 28.8. The van der Waals surface area contributed by atoms with E-state index < -0.39 is 0 Å². The van der Waals surface area contributed by atoms with Crippen LogP contribution in [0.3, 0.4) is 0 Å². The summed E-state index contributed by atoms with van der Waals surface area (Å²) in [6.07, 6.45) is 4.13. The Morgan fingerprint density at radius 2 is 1.77 bits per heavy atom. The first-order valence-electron chi connectivity index (χ1n) is 13.5. The number of amides is 1. The highest BCUT2D eigenvalue weighted by Gasteiger charge is 2.33. The van der Waals surface area contributed by atoms with Gasteiger partial charge < -0.3 is 14.5 Å². The van der Waals surface area contributed by atoms with Gasteiger partial charge >= 0.3 is 0 Å². The quantitative estimate of drug-likeness (QED) is 0.229. The van der Waals surface area contributed by atoms with Gasteiger partial charge in [0.05, 0.1) is 4.91 Å². The summed E-state index contributed by atoms with van der Waals surface area (Å²) >= 11 is 6.75. The van der Waals surface area contributed by atoms with Crippen LogP contribution in [0.4, 0.5) is 15.9 Å². The highest BCUT2D eigenvalue weighted by atomic mass is 32.2. The average Bonchev–Trinajstić information content (AvgIpc) is 3.22. The molecule has 11 heteroatoms. The first-order valence-corrected chi connectivity index (χ1v) is 14.7. The first kappa shape index (κ1) is 29.8. The van der Waals surface area contributed by atoms with Crippen LogP contribution in [-0.4, -0.2) is 66.1 Å². The van der Waals surface area contributed by atoms with E-state index in [4.69, 9.17) is 17.0 Å². The Kier molecular flexibility index (Phi) is 10.0. The molecule has 2 aromatic rings. The number of hydrogen-bond acceptors (Lipinski definition) is 8. The topological polar surface area (TPSA) is 81.8 Å². The molecule has 1 aromatic heterocycles. The number of halogens is 1. The van der Waals surface area contributed by atoms with E-state index in [1.807, 2.05) is 0 Å². The maximum atomic E-state index is 13.5. The van der Waals surface area contributed by atoms with Crippen molar-refractivity contribution in [3.05, 3.63) is 62.0 Å². The molecule has 2 aliphatic rings. The summed E-state index contributed by atoms with van der Waals surface area (Å²) in [4.78, 5) is 33.3. The minimum atomic E-state index is -0.311. The highest BCUT2D eigenvalue weighted by molar-refractivity contribution is 8.26. The summed E-state index contributed by atoms with van der Waals surface area (Å²) < 4.78 is 20.8. The van der Waals surface area contributed by atoms with E-state index in [-0.39, 0.29) is 22.8 Å². The van der Waals surface area contributed by atoms with E-state index in [2.05, 4.69) is 22.8 Å². The molecule has 2 aliphatic heterocycles. The number of ether oxygens (including phenoxy) is 1. The number of methoxy groups -OCH3 is 1. The van der Waals surface area contributed by atoms with Crippen LogP contribution in [0.5, 0.6) is 0 Å². The fraction of sp³-hybridized carbons (Fsp3) is 0.448. The lowest BCUT2D eigenvalue weighted by molar-refractivity contribution is -0.122. The number of nitrogens with zero attached hydrogens (tertiary/aromatic N) is 5. The maximum Gasteiger partial charge on any atom is 0.270 e. The number of benzene rings is 1. The van der Waals surface area contributed by atoms with Gasteiger partial charge in [0.25, 0.3) is 11.5 Å².